The maximum Gasteiger partial charge on any atom is 0.260 e. The van der Waals surface area contributed by atoms with Crippen LogP contribution in [0.25, 0.3) is 21.6 Å². The van der Waals surface area contributed by atoms with Gasteiger partial charge in [0, 0.05) is 4.88 Å². The van der Waals surface area contributed by atoms with Crippen LogP contribution in [0, 0.1) is 6.92 Å². The lowest BCUT2D eigenvalue weighted by Gasteiger charge is -2.10. The number of fused-ring (bicyclic) bond motifs is 8. The van der Waals surface area contributed by atoms with Crippen LogP contribution >= 0.6 is 23.1 Å². The van der Waals surface area contributed by atoms with Gasteiger partial charge in [-0.25, -0.2) is 9.38 Å². The summed E-state index contributed by atoms with van der Waals surface area (Å²) in [5.74, 6) is 2.52. The van der Waals surface area contributed by atoms with Gasteiger partial charge in [0.05, 0.1) is 5.39 Å². The monoisotopic (exact) mass is 344 g/mol. The lowest BCUT2D eigenvalue weighted by atomic mass is 9.97. The number of aryl methyl sites for hydroxylation is 3. The van der Waals surface area contributed by atoms with E-state index in [2.05, 4.69) is 26.6 Å². The van der Waals surface area contributed by atoms with E-state index in [0.29, 0.717) is 0 Å². The summed E-state index contributed by atoms with van der Waals surface area (Å²) in [5.41, 5.74) is 2.40. The highest BCUT2D eigenvalue weighted by Crippen LogP contribution is 2.39. The Morgan fingerprint density at radius 1 is 1.22 bits per heavy atom. The quantitative estimate of drug-likeness (QED) is 0.522. The maximum absolute atomic E-state index is 4.70. The summed E-state index contributed by atoms with van der Waals surface area (Å²) in [6.07, 6.45) is 4.85. The van der Waals surface area contributed by atoms with Crippen LogP contribution in [-0.4, -0.2) is 34.9 Å². The fraction of sp³-hybridized carbons (Fsp3) is 0.467. The van der Waals surface area contributed by atoms with Gasteiger partial charge >= 0.3 is 0 Å². The van der Waals surface area contributed by atoms with Gasteiger partial charge < -0.3 is 0 Å². The first kappa shape index (κ1) is 13.7. The number of thioether (sulfide) groups is 1. The van der Waals surface area contributed by atoms with Crippen molar-refractivity contribution in [2.24, 2.45) is 0 Å². The van der Waals surface area contributed by atoms with Gasteiger partial charge in [0.25, 0.3) is 5.78 Å². The molecule has 23 heavy (non-hydrogen) atoms. The van der Waals surface area contributed by atoms with E-state index in [-0.39, 0.29) is 0 Å². The van der Waals surface area contributed by atoms with Gasteiger partial charge in [0.2, 0.25) is 0 Å². The minimum absolute atomic E-state index is 0.766. The van der Waals surface area contributed by atoms with Crippen LogP contribution < -0.4 is 0 Å². The van der Waals surface area contributed by atoms with E-state index in [9.17, 15) is 0 Å². The summed E-state index contributed by atoms with van der Waals surface area (Å²) in [5, 5.41) is 15.6. The van der Waals surface area contributed by atoms with Crippen molar-refractivity contribution in [2.45, 2.75) is 44.7 Å². The van der Waals surface area contributed by atoms with Crippen LogP contribution in [0.15, 0.2) is 5.16 Å². The maximum atomic E-state index is 4.70. The van der Waals surface area contributed by atoms with Gasteiger partial charge in [-0.05, 0) is 43.9 Å². The average Bonchev–Trinajstić information content (AvgIpc) is 3.21. The van der Waals surface area contributed by atoms with Crippen LogP contribution in [0.3, 0.4) is 0 Å². The molecule has 0 aromatic carbocycles. The van der Waals surface area contributed by atoms with Crippen LogP contribution in [0.1, 0.15) is 36.0 Å². The van der Waals surface area contributed by atoms with Gasteiger partial charge in [0.15, 0.2) is 10.8 Å². The second-order valence-electron chi connectivity index (χ2n) is 5.84. The fourth-order valence-corrected chi connectivity index (χ4v) is 5.56. The van der Waals surface area contributed by atoms with Crippen molar-refractivity contribution in [3.8, 4) is 0 Å². The molecule has 6 nitrogen and oxygen atoms in total. The molecule has 5 rings (SSSR count). The van der Waals surface area contributed by atoms with Crippen molar-refractivity contribution < 1.29 is 0 Å². The molecule has 0 saturated carbocycles. The molecule has 4 heterocycles. The Kier molecular flexibility index (Phi) is 2.93. The molecule has 0 spiro atoms. The predicted molar refractivity (Wildman–Crippen MR) is 92.7 cm³/mol. The highest BCUT2D eigenvalue weighted by molar-refractivity contribution is 7.99. The SMILES string of the molecule is CCSc1nnc2n3nc(C)nc3c3c4c(sc3n12)CCCC4. The van der Waals surface area contributed by atoms with Crippen molar-refractivity contribution in [3.05, 3.63) is 16.3 Å². The molecule has 0 N–H and O–H groups in total. The Morgan fingerprint density at radius 2 is 2.09 bits per heavy atom. The molecule has 0 radical (unpaired) electrons. The van der Waals surface area contributed by atoms with Gasteiger partial charge in [-0.15, -0.1) is 26.6 Å². The summed E-state index contributed by atoms with van der Waals surface area (Å²) in [7, 11) is 0. The van der Waals surface area contributed by atoms with Gasteiger partial charge in [-0.2, -0.15) is 4.52 Å². The molecule has 0 atom stereocenters. The molecule has 0 aliphatic heterocycles. The second-order valence-corrected chi connectivity index (χ2v) is 8.15. The molecule has 118 valence electrons. The van der Waals surface area contributed by atoms with E-state index in [1.54, 1.807) is 11.8 Å². The number of thiophene rings is 1. The molecule has 0 unspecified atom stereocenters. The minimum atomic E-state index is 0.766. The molecule has 1 aliphatic rings. The molecule has 0 amide bonds. The summed E-state index contributed by atoms with van der Waals surface area (Å²) in [6.45, 7) is 4.08. The summed E-state index contributed by atoms with van der Waals surface area (Å²) in [4.78, 5) is 7.43. The van der Waals surface area contributed by atoms with E-state index < -0.39 is 0 Å². The van der Waals surface area contributed by atoms with Crippen molar-refractivity contribution in [2.75, 3.05) is 5.75 Å². The van der Waals surface area contributed by atoms with Crippen LogP contribution in [0.5, 0.6) is 0 Å². The first-order chi connectivity index (χ1) is 11.3. The number of nitrogens with zero attached hydrogens (tertiary/aromatic N) is 6. The zero-order valence-electron chi connectivity index (χ0n) is 13.0. The summed E-state index contributed by atoms with van der Waals surface area (Å²) in [6, 6.07) is 0. The second kappa shape index (κ2) is 4.91. The molecule has 4 aromatic heterocycles. The highest BCUT2D eigenvalue weighted by Gasteiger charge is 2.24. The van der Waals surface area contributed by atoms with Crippen molar-refractivity contribution in [3.63, 3.8) is 0 Å². The summed E-state index contributed by atoms with van der Waals surface area (Å²) < 4.78 is 4.04. The molecule has 0 fully saturated rings. The Hall–Kier alpha value is -1.67. The number of rotatable bonds is 2. The summed E-state index contributed by atoms with van der Waals surface area (Å²) >= 11 is 3.61. The van der Waals surface area contributed by atoms with E-state index in [4.69, 9.17) is 4.98 Å². The minimum Gasteiger partial charge on any atom is -0.244 e. The highest BCUT2D eigenvalue weighted by atomic mass is 32.2. The zero-order chi connectivity index (χ0) is 15.6. The largest absolute Gasteiger partial charge is 0.260 e. The lowest BCUT2D eigenvalue weighted by molar-refractivity contribution is 0.700. The van der Waals surface area contributed by atoms with Crippen molar-refractivity contribution in [1.82, 2.24) is 29.2 Å². The Labute approximate surface area is 140 Å². The molecular weight excluding hydrogens is 328 g/mol. The predicted octanol–water partition coefficient (Wildman–Crippen LogP) is 3.29. The lowest BCUT2D eigenvalue weighted by Crippen LogP contribution is -2.01. The standard InChI is InChI=1S/C15H16N6S2/c1-3-22-15-18-17-14-20(15)13-11(12-16-8(2)19-21(12)14)9-6-4-5-7-10(9)23-13/h3-7H2,1-2H3. The smallest absolute Gasteiger partial charge is 0.244 e. The van der Waals surface area contributed by atoms with Crippen LogP contribution in [0.4, 0.5) is 0 Å². The van der Waals surface area contributed by atoms with Gasteiger partial charge in [0.1, 0.15) is 10.7 Å². The average molecular weight is 344 g/mol. The third kappa shape index (κ3) is 1.82. The Bertz CT molecular complexity index is 1060. The normalized spacial score (nSPS) is 15.0. The van der Waals surface area contributed by atoms with E-state index in [0.717, 1.165) is 34.6 Å². The topological polar surface area (TPSA) is 60.4 Å². The van der Waals surface area contributed by atoms with Crippen LogP contribution in [-0.2, 0) is 12.8 Å². The first-order valence-electron chi connectivity index (χ1n) is 7.95. The van der Waals surface area contributed by atoms with Gasteiger partial charge in [-0.3, -0.25) is 0 Å². The molecular formula is C15H16N6S2. The fourth-order valence-electron chi connectivity index (χ4n) is 3.46. The van der Waals surface area contributed by atoms with E-state index in [1.807, 2.05) is 22.8 Å². The Balaban J connectivity index is 2.03. The molecule has 8 heteroatoms. The zero-order valence-corrected chi connectivity index (χ0v) is 14.7. The number of hydrogen-bond donors (Lipinski definition) is 0. The van der Waals surface area contributed by atoms with Crippen molar-refractivity contribution >= 4 is 44.7 Å². The molecule has 1 aliphatic carbocycles. The molecule has 4 aromatic rings. The third-order valence-corrected chi connectivity index (χ3v) is 6.46. The third-order valence-electron chi connectivity index (χ3n) is 4.37. The molecule has 0 bridgehead atoms. The van der Waals surface area contributed by atoms with Crippen LogP contribution in [0.2, 0.25) is 0 Å². The van der Waals surface area contributed by atoms with Gasteiger partial charge in [-0.1, -0.05) is 18.7 Å². The van der Waals surface area contributed by atoms with E-state index in [1.165, 1.54) is 39.9 Å². The van der Waals surface area contributed by atoms with Crippen molar-refractivity contribution in [1.29, 1.82) is 0 Å². The first-order valence-corrected chi connectivity index (χ1v) is 9.75. The van der Waals surface area contributed by atoms with E-state index >= 15 is 0 Å². The Morgan fingerprint density at radius 3 is 2.96 bits per heavy atom. The molecule has 0 saturated heterocycles. The number of hydrogen-bond acceptors (Lipinski definition) is 6. The number of aromatic nitrogens is 6.